The standard InChI is InChI=1S/C10H12F3NO3S/c11-7-5-8(12)10(9(13)6-7)14-18(16,17)4-2-1-3-15/h5-6,14-15H,1-4H2. The Morgan fingerprint density at radius 2 is 1.67 bits per heavy atom. The first kappa shape index (κ1) is 14.8. The highest BCUT2D eigenvalue weighted by molar-refractivity contribution is 7.92. The van der Waals surface area contributed by atoms with E-state index < -0.39 is 33.2 Å². The van der Waals surface area contributed by atoms with E-state index in [1.54, 1.807) is 4.72 Å². The highest BCUT2D eigenvalue weighted by Gasteiger charge is 2.17. The number of aliphatic hydroxyl groups excluding tert-OH is 1. The van der Waals surface area contributed by atoms with Crippen molar-refractivity contribution in [1.82, 2.24) is 0 Å². The minimum atomic E-state index is -3.93. The van der Waals surface area contributed by atoms with Crippen LogP contribution in [0.2, 0.25) is 0 Å². The lowest BCUT2D eigenvalue weighted by molar-refractivity contribution is 0.287. The monoisotopic (exact) mass is 283 g/mol. The zero-order chi connectivity index (χ0) is 13.8. The van der Waals surface area contributed by atoms with Crippen LogP contribution in [0.15, 0.2) is 12.1 Å². The van der Waals surface area contributed by atoms with Crippen LogP contribution in [-0.4, -0.2) is 25.9 Å². The third-order valence-electron chi connectivity index (χ3n) is 2.09. The molecule has 0 saturated heterocycles. The lowest BCUT2D eigenvalue weighted by Crippen LogP contribution is -2.18. The van der Waals surface area contributed by atoms with Crippen LogP contribution >= 0.6 is 0 Å². The Labute approximate surface area is 102 Å². The fourth-order valence-corrected chi connectivity index (χ4v) is 2.44. The molecule has 0 spiro atoms. The predicted molar refractivity (Wildman–Crippen MR) is 60.0 cm³/mol. The van der Waals surface area contributed by atoms with E-state index in [9.17, 15) is 21.6 Å². The van der Waals surface area contributed by atoms with E-state index in [2.05, 4.69) is 0 Å². The van der Waals surface area contributed by atoms with Crippen LogP contribution in [0, 0.1) is 17.5 Å². The molecule has 0 radical (unpaired) electrons. The molecule has 102 valence electrons. The van der Waals surface area contributed by atoms with E-state index in [-0.39, 0.29) is 25.2 Å². The molecular weight excluding hydrogens is 271 g/mol. The molecule has 1 aromatic carbocycles. The Balaban J connectivity index is 2.84. The summed E-state index contributed by atoms with van der Waals surface area (Å²) in [6.07, 6.45) is 0.408. The minimum Gasteiger partial charge on any atom is -0.396 e. The van der Waals surface area contributed by atoms with Gasteiger partial charge >= 0.3 is 0 Å². The third-order valence-corrected chi connectivity index (χ3v) is 3.43. The molecule has 0 aliphatic heterocycles. The van der Waals surface area contributed by atoms with Gasteiger partial charge in [0.2, 0.25) is 10.0 Å². The Hall–Kier alpha value is -1.28. The van der Waals surface area contributed by atoms with Gasteiger partial charge < -0.3 is 5.11 Å². The molecule has 0 atom stereocenters. The molecule has 1 aromatic rings. The number of nitrogens with one attached hydrogen (secondary N) is 1. The number of anilines is 1. The number of benzene rings is 1. The lowest BCUT2D eigenvalue weighted by Gasteiger charge is -2.09. The molecule has 0 amide bonds. The van der Waals surface area contributed by atoms with Crippen molar-refractivity contribution in [3.05, 3.63) is 29.6 Å². The molecule has 4 nitrogen and oxygen atoms in total. The summed E-state index contributed by atoms with van der Waals surface area (Å²) in [7, 11) is -3.93. The molecule has 0 unspecified atom stereocenters. The number of hydrogen-bond acceptors (Lipinski definition) is 3. The quantitative estimate of drug-likeness (QED) is 0.780. The lowest BCUT2D eigenvalue weighted by atomic mass is 10.3. The summed E-state index contributed by atoms with van der Waals surface area (Å²) < 4.78 is 63.6. The fourth-order valence-electron chi connectivity index (χ4n) is 1.25. The SMILES string of the molecule is O=S(=O)(CCCCO)Nc1c(F)cc(F)cc1F. The number of hydrogen-bond donors (Lipinski definition) is 2. The number of sulfonamides is 1. The molecule has 2 N–H and O–H groups in total. The highest BCUT2D eigenvalue weighted by atomic mass is 32.2. The van der Waals surface area contributed by atoms with Crippen LogP contribution in [0.1, 0.15) is 12.8 Å². The van der Waals surface area contributed by atoms with Gasteiger partial charge in [0.25, 0.3) is 0 Å². The summed E-state index contributed by atoms with van der Waals surface area (Å²) in [6.45, 7) is -0.172. The molecule has 0 fully saturated rings. The van der Waals surface area contributed by atoms with Crippen molar-refractivity contribution < 1.29 is 26.7 Å². The van der Waals surface area contributed by atoms with Crippen LogP contribution in [-0.2, 0) is 10.0 Å². The molecule has 0 saturated carbocycles. The molecule has 0 bridgehead atoms. The van der Waals surface area contributed by atoms with E-state index >= 15 is 0 Å². The van der Waals surface area contributed by atoms with E-state index in [4.69, 9.17) is 5.11 Å². The molecular formula is C10H12F3NO3S. The topological polar surface area (TPSA) is 66.4 Å². The molecule has 0 aromatic heterocycles. The van der Waals surface area contributed by atoms with Crippen LogP contribution in [0.4, 0.5) is 18.9 Å². The van der Waals surface area contributed by atoms with Gasteiger partial charge in [-0.15, -0.1) is 0 Å². The van der Waals surface area contributed by atoms with Crippen molar-refractivity contribution in [3.8, 4) is 0 Å². The van der Waals surface area contributed by atoms with Crippen molar-refractivity contribution >= 4 is 15.7 Å². The average molecular weight is 283 g/mol. The number of halogens is 3. The van der Waals surface area contributed by atoms with Crippen LogP contribution in [0.5, 0.6) is 0 Å². The van der Waals surface area contributed by atoms with Gasteiger partial charge in [0.15, 0.2) is 11.6 Å². The number of rotatable bonds is 6. The zero-order valence-electron chi connectivity index (χ0n) is 9.29. The molecule has 8 heteroatoms. The van der Waals surface area contributed by atoms with Gasteiger partial charge in [0.05, 0.1) is 5.75 Å². The second kappa shape index (κ2) is 6.05. The summed E-state index contributed by atoms with van der Waals surface area (Å²) in [4.78, 5) is 0. The maximum Gasteiger partial charge on any atom is 0.232 e. The van der Waals surface area contributed by atoms with E-state index in [1.807, 2.05) is 0 Å². The van der Waals surface area contributed by atoms with Crippen LogP contribution in [0.25, 0.3) is 0 Å². The van der Waals surface area contributed by atoms with E-state index in [0.717, 1.165) is 0 Å². The van der Waals surface area contributed by atoms with Crippen molar-refractivity contribution in [2.24, 2.45) is 0 Å². The smallest absolute Gasteiger partial charge is 0.232 e. The molecule has 1 rings (SSSR count). The second-order valence-corrected chi connectivity index (χ2v) is 5.44. The molecule has 0 heterocycles. The first-order valence-corrected chi connectivity index (χ1v) is 6.77. The van der Waals surface area contributed by atoms with E-state index in [1.165, 1.54) is 0 Å². The summed E-state index contributed by atoms with van der Waals surface area (Å²) >= 11 is 0. The normalized spacial score (nSPS) is 11.6. The van der Waals surface area contributed by atoms with Crippen molar-refractivity contribution in [1.29, 1.82) is 0 Å². The molecule has 18 heavy (non-hydrogen) atoms. The second-order valence-electron chi connectivity index (χ2n) is 3.60. The maximum atomic E-state index is 13.2. The van der Waals surface area contributed by atoms with Gasteiger partial charge in [-0.25, -0.2) is 21.6 Å². The minimum absolute atomic E-state index is 0.149. The van der Waals surface area contributed by atoms with Crippen molar-refractivity contribution in [3.63, 3.8) is 0 Å². The highest BCUT2D eigenvalue weighted by Crippen LogP contribution is 2.21. The van der Waals surface area contributed by atoms with Crippen molar-refractivity contribution in [2.45, 2.75) is 12.8 Å². The van der Waals surface area contributed by atoms with Crippen LogP contribution < -0.4 is 4.72 Å². The maximum absolute atomic E-state index is 13.2. The fraction of sp³-hybridized carbons (Fsp3) is 0.400. The Morgan fingerprint density at radius 3 is 2.17 bits per heavy atom. The number of unbranched alkanes of at least 4 members (excludes halogenated alkanes) is 1. The average Bonchev–Trinajstić information content (AvgIpc) is 2.23. The summed E-state index contributed by atoms with van der Waals surface area (Å²) in [5.41, 5.74) is -0.902. The van der Waals surface area contributed by atoms with Gasteiger partial charge in [0, 0.05) is 18.7 Å². The third kappa shape index (κ3) is 4.19. The molecule has 0 aliphatic carbocycles. The van der Waals surface area contributed by atoms with Crippen molar-refractivity contribution in [2.75, 3.05) is 17.1 Å². The van der Waals surface area contributed by atoms with Gasteiger partial charge in [0.1, 0.15) is 11.5 Å². The van der Waals surface area contributed by atoms with Gasteiger partial charge in [-0.3, -0.25) is 4.72 Å². The van der Waals surface area contributed by atoms with Crippen LogP contribution in [0.3, 0.4) is 0 Å². The van der Waals surface area contributed by atoms with E-state index in [0.29, 0.717) is 12.1 Å². The first-order chi connectivity index (χ1) is 8.35. The Bertz CT molecular complexity index is 496. The largest absolute Gasteiger partial charge is 0.396 e. The summed E-state index contributed by atoms with van der Waals surface area (Å²) in [5, 5.41) is 8.49. The number of aliphatic hydroxyl groups is 1. The Kier molecular flexibility index (Phi) is 4.97. The molecule has 0 aliphatic rings. The van der Waals surface area contributed by atoms with Gasteiger partial charge in [-0.2, -0.15) is 0 Å². The zero-order valence-corrected chi connectivity index (χ0v) is 10.1. The first-order valence-electron chi connectivity index (χ1n) is 5.11. The Morgan fingerprint density at radius 1 is 1.11 bits per heavy atom. The van der Waals surface area contributed by atoms with Gasteiger partial charge in [-0.05, 0) is 12.8 Å². The summed E-state index contributed by atoms with van der Waals surface area (Å²) in [5.74, 6) is -4.16. The summed E-state index contributed by atoms with van der Waals surface area (Å²) in [6, 6.07) is 0.767. The van der Waals surface area contributed by atoms with Gasteiger partial charge in [-0.1, -0.05) is 0 Å². The predicted octanol–water partition coefficient (Wildman–Crippen LogP) is 1.62.